The molecule has 0 aliphatic carbocycles. The van der Waals surface area contributed by atoms with Crippen LogP contribution in [0.5, 0.6) is 0 Å². The fourth-order valence-electron chi connectivity index (χ4n) is 1.89. The van der Waals surface area contributed by atoms with Crippen molar-refractivity contribution in [3.8, 4) is 0 Å². The number of para-hydroxylation sites is 1. The first kappa shape index (κ1) is 13.4. The number of nitrogens with zero attached hydrogens (tertiary/aromatic N) is 3. The molecule has 2 heterocycles. The summed E-state index contributed by atoms with van der Waals surface area (Å²) in [5.41, 5.74) is 0.410. The van der Waals surface area contributed by atoms with Gasteiger partial charge in [0, 0.05) is 23.5 Å². The molecule has 0 spiro atoms. The number of hydrogen-bond donors (Lipinski definition) is 2. The Morgan fingerprint density at radius 2 is 2.14 bits per heavy atom. The molecule has 0 unspecified atom stereocenters. The Labute approximate surface area is 122 Å². The molecule has 0 amide bonds. The minimum atomic E-state index is -1.07. The van der Waals surface area contributed by atoms with Gasteiger partial charge in [-0.05, 0) is 17.8 Å². The van der Waals surface area contributed by atoms with Crippen LogP contribution in [0.2, 0.25) is 0 Å². The van der Waals surface area contributed by atoms with Crippen molar-refractivity contribution < 1.29 is 9.90 Å². The number of benzene rings is 1. The van der Waals surface area contributed by atoms with Crippen LogP contribution in [-0.2, 0) is 7.05 Å². The zero-order valence-electron chi connectivity index (χ0n) is 10.9. The molecule has 106 valence electrons. The first-order valence-corrected chi connectivity index (χ1v) is 6.80. The summed E-state index contributed by atoms with van der Waals surface area (Å²) in [6.07, 6.45) is 1.32. The normalized spacial score (nSPS) is 10.9. The molecule has 0 atom stereocenters. The van der Waals surface area contributed by atoms with Crippen molar-refractivity contribution >= 4 is 28.6 Å². The second kappa shape index (κ2) is 5.06. The number of pyridine rings is 1. The van der Waals surface area contributed by atoms with E-state index in [2.05, 4.69) is 15.2 Å². The van der Waals surface area contributed by atoms with E-state index in [-0.39, 0.29) is 11.3 Å². The van der Waals surface area contributed by atoms with Gasteiger partial charge in [-0.3, -0.25) is 9.55 Å². The van der Waals surface area contributed by atoms with E-state index in [9.17, 15) is 14.7 Å². The molecular formula is C13H10N4O3S. The van der Waals surface area contributed by atoms with Crippen molar-refractivity contribution in [2.24, 2.45) is 7.05 Å². The molecular weight excluding hydrogens is 292 g/mol. The van der Waals surface area contributed by atoms with E-state index in [1.54, 1.807) is 19.2 Å². The van der Waals surface area contributed by atoms with Gasteiger partial charge >= 0.3 is 11.7 Å². The minimum Gasteiger partial charge on any atom is -0.478 e. The van der Waals surface area contributed by atoms with Crippen molar-refractivity contribution in [3.63, 3.8) is 0 Å². The van der Waals surface area contributed by atoms with E-state index in [0.29, 0.717) is 21.0 Å². The molecule has 8 heteroatoms. The lowest BCUT2D eigenvalue weighted by molar-refractivity contribution is 0.0693. The van der Waals surface area contributed by atoms with Crippen LogP contribution in [0.1, 0.15) is 10.4 Å². The molecule has 0 aliphatic heterocycles. The van der Waals surface area contributed by atoms with Crippen LogP contribution in [0.3, 0.4) is 0 Å². The summed E-state index contributed by atoms with van der Waals surface area (Å²) < 4.78 is 1.32. The molecule has 0 bridgehead atoms. The number of carboxylic acid groups (broad SMARTS) is 1. The molecule has 2 N–H and O–H groups in total. The number of rotatable bonds is 3. The van der Waals surface area contributed by atoms with Gasteiger partial charge in [-0.2, -0.15) is 0 Å². The van der Waals surface area contributed by atoms with Gasteiger partial charge in [-0.15, -0.1) is 5.10 Å². The van der Waals surface area contributed by atoms with Crippen molar-refractivity contribution in [2.45, 2.75) is 10.1 Å². The van der Waals surface area contributed by atoms with Crippen LogP contribution in [0.4, 0.5) is 0 Å². The predicted octanol–water partition coefficient (Wildman–Crippen LogP) is 1.51. The zero-order chi connectivity index (χ0) is 15.0. The fraction of sp³-hybridized carbons (Fsp3) is 0.0769. The van der Waals surface area contributed by atoms with Crippen LogP contribution in [0.15, 0.2) is 45.3 Å². The van der Waals surface area contributed by atoms with Crippen LogP contribution in [-0.4, -0.2) is 30.8 Å². The molecule has 0 fully saturated rings. The van der Waals surface area contributed by atoms with Gasteiger partial charge in [0.2, 0.25) is 0 Å². The highest BCUT2D eigenvalue weighted by atomic mass is 32.2. The topological polar surface area (TPSA) is 101 Å². The van der Waals surface area contributed by atoms with Gasteiger partial charge in [0.25, 0.3) is 0 Å². The monoisotopic (exact) mass is 302 g/mol. The molecule has 21 heavy (non-hydrogen) atoms. The van der Waals surface area contributed by atoms with Gasteiger partial charge in [0.1, 0.15) is 0 Å². The summed E-state index contributed by atoms with van der Waals surface area (Å²) in [5, 5.41) is 16.6. The number of fused-ring (bicyclic) bond motifs is 1. The van der Waals surface area contributed by atoms with Gasteiger partial charge in [0.15, 0.2) is 5.16 Å². The third-order valence-electron chi connectivity index (χ3n) is 2.99. The maximum absolute atomic E-state index is 11.4. The van der Waals surface area contributed by atoms with E-state index in [1.165, 1.54) is 10.8 Å². The van der Waals surface area contributed by atoms with Crippen LogP contribution < -0.4 is 5.69 Å². The number of H-pyrrole nitrogens is 1. The number of aromatic nitrogens is 4. The number of carboxylic acids is 1. The highest BCUT2D eigenvalue weighted by molar-refractivity contribution is 7.99. The van der Waals surface area contributed by atoms with Gasteiger partial charge in [-0.25, -0.2) is 14.7 Å². The molecule has 2 aromatic heterocycles. The standard InChI is InChI=1S/C13H10N4O3S/c1-17-12(20)15-16-13(17)21-10-7-4-2-3-5-9(7)14-6-8(10)11(18)19/h2-6H,1H3,(H,15,20)(H,18,19). The minimum absolute atomic E-state index is 0.0779. The average Bonchev–Trinajstić information content (AvgIpc) is 2.79. The van der Waals surface area contributed by atoms with E-state index < -0.39 is 5.97 Å². The zero-order valence-corrected chi connectivity index (χ0v) is 11.7. The Kier molecular flexibility index (Phi) is 3.22. The molecule has 7 nitrogen and oxygen atoms in total. The van der Waals surface area contributed by atoms with E-state index in [0.717, 1.165) is 11.8 Å². The van der Waals surface area contributed by atoms with E-state index in [4.69, 9.17) is 0 Å². The molecule has 0 saturated carbocycles. The molecule has 1 aromatic carbocycles. The highest BCUT2D eigenvalue weighted by Gasteiger charge is 2.18. The summed E-state index contributed by atoms with van der Waals surface area (Å²) >= 11 is 1.12. The maximum atomic E-state index is 11.4. The maximum Gasteiger partial charge on any atom is 0.343 e. The van der Waals surface area contributed by atoms with Crippen molar-refractivity contribution in [2.75, 3.05) is 0 Å². The van der Waals surface area contributed by atoms with Crippen LogP contribution in [0, 0.1) is 0 Å². The number of carbonyl (C=O) groups is 1. The Morgan fingerprint density at radius 1 is 1.38 bits per heavy atom. The molecule has 0 aliphatic rings. The molecule has 0 radical (unpaired) electrons. The first-order chi connectivity index (χ1) is 10.1. The van der Waals surface area contributed by atoms with Gasteiger partial charge < -0.3 is 5.11 Å². The van der Waals surface area contributed by atoms with Crippen molar-refractivity contribution in [3.05, 3.63) is 46.5 Å². The molecule has 0 saturated heterocycles. The number of aromatic amines is 1. The summed E-state index contributed by atoms with van der Waals surface area (Å²) in [4.78, 5) is 27.5. The Balaban J connectivity index is 2.23. The molecule has 3 rings (SSSR count). The summed E-state index contributed by atoms with van der Waals surface area (Å²) in [6.45, 7) is 0. The van der Waals surface area contributed by atoms with Crippen LogP contribution in [0.25, 0.3) is 10.9 Å². The summed E-state index contributed by atoms with van der Waals surface area (Å²) in [6, 6.07) is 7.23. The van der Waals surface area contributed by atoms with Crippen molar-refractivity contribution in [1.29, 1.82) is 0 Å². The summed E-state index contributed by atoms with van der Waals surface area (Å²) in [5.74, 6) is -1.07. The van der Waals surface area contributed by atoms with Crippen LogP contribution >= 0.6 is 11.8 Å². The second-order valence-corrected chi connectivity index (χ2v) is 5.27. The third kappa shape index (κ3) is 2.29. The quantitative estimate of drug-likeness (QED) is 0.760. The second-order valence-electron chi connectivity index (χ2n) is 4.30. The fourth-order valence-corrected chi connectivity index (χ4v) is 2.92. The number of nitrogens with one attached hydrogen (secondary N) is 1. The average molecular weight is 302 g/mol. The van der Waals surface area contributed by atoms with Gasteiger partial charge in [-0.1, -0.05) is 18.2 Å². The lowest BCUT2D eigenvalue weighted by atomic mass is 10.1. The van der Waals surface area contributed by atoms with Gasteiger partial charge in [0.05, 0.1) is 11.1 Å². The number of hydrogen-bond acceptors (Lipinski definition) is 5. The predicted molar refractivity (Wildman–Crippen MR) is 76.7 cm³/mol. The first-order valence-electron chi connectivity index (χ1n) is 5.98. The highest BCUT2D eigenvalue weighted by Crippen LogP contribution is 2.34. The Hall–Kier alpha value is -2.61. The largest absolute Gasteiger partial charge is 0.478 e. The molecule has 3 aromatic rings. The SMILES string of the molecule is Cn1c(Sc2c(C(=O)O)cnc3ccccc23)n[nH]c1=O. The third-order valence-corrected chi connectivity index (χ3v) is 4.18. The smallest absolute Gasteiger partial charge is 0.343 e. The van der Waals surface area contributed by atoms with Crippen molar-refractivity contribution in [1.82, 2.24) is 19.7 Å². The summed E-state index contributed by atoms with van der Waals surface area (Å²) in [7, 11) is 1.57. The lowest BCUT2D eigenvalue weighted by Gasteiger charge is -2.08. The van der Waals surface area contributed by atoms with E-state index >= 15 is 0 Å². The lowest BCUT2D eigenvalue weighted by Crippen LogP contribution is -2.13. The van der Waals surface area contributed by atoms with E-state index in [1.807, 2.05) is 12.1 Å². The number of aromatic carboxylic acids is 1. The Morgan fingerprint density at radius 3 is 2.81 bits per heavy atom. The Bertz CT molecular complexity index is 900.